The van der Waals surface area contributed by atoms with E-state index in [4.69, 9.17) is 5.26 Å². The van der Waals surface area contributed by atoms with E-state index in [9.17, 15) is 8.78 Å². The van der Waals surface area contributed by atoms with Crippen molar-refractivity contribution in [3.8, 4) is 17.3 Å². The molecule has 33 heavy (non-hydrogen) atoms. The molecule has 2 unspecified atom stereocenters. The summed E-state index contributed by atoms with van der Waals surface area (Å²) < 4.78 is 28.6. The van der Waals surface area contributed by atoms with E-state index in [0.717, 1.165) is 11.1 Å². The van der Waals surface area contributed by atoms with Crippen LogP contribution in [0.25, 0.3) is 17.0 Å². The Morgan fingerprint density at radius 2 is 2.03 bits per heavy atom. The summed E-state index contributed by atoms with van der Waals surface area (Å²) in [5.41, 5.74) is 1.53. The van der Waals surface area contributed by atoms with Crippen LogP contribution in [0.3, 0.4) is 0 Å². The highest BCUT2D eigenvalue weighted by Gasteiger charge is 2.26. The summed E-state index contributed by atoms with van der Waals surface area (Å²) in [6.45, 7) is 2.00. The Bertz CT molecular complexity index is 1160. The number of aryl methyl sites for hydroxylation is 1. The molecule has 0 radical (unpaired) electrons. The number of alkyl halides is 2. The Balaban J connectivity index is 0.000000286. The molecule has 3 heterocycles. The van der Waals surface area contributed by atoms with Gasteiger partial charge in [-0.3, -0.25) is 10.3 Å². The molecule has 0 bridgehead atoms. The number of aromatic nitrogens is 3. The number of nitrogens with one attached hydrogen (secondary N) is 2. The van der Waals surface area contributed by atoms with Crippen LogP contribution in [-0.4, -0.2) is 33.6 Å². The largest absolute Gasteiger partial charge is 0.371 e. The van der Waals surface area contributed by atoms with Gasteiger partial charge in [-0.1, -0.05) is 26.9 Å². The van der Waals surface area contributed by atoms with E-state index in [1.807, 2.05) is 56.5 Å². The van der Waals surface area contributed by atoms with E-state index in [1.54, 1.807) is 40.0 Å². The SMILES string of the molecule is CNC1C=CC(n2nc(-c3cccnc3)cc2CC(F)(F)P)=CN1.Cc1ccc(C#N)cc1. The van der Waals surface area contributed by atoms with Crippen molar-refractivity contribution in [2.24, 2.45) is 0 Å². The molecule has 1 aliphatic heterocycles. The monoisotopic (exact) mass is 466 g/mol. The molecule has 0 saturated heterocycles. The Hall–Kier alpha value is -3.40. The Morgan fingerprint density at radius 3 is 2.58 bits per heavy atom. The van der Waals surface area contributed by atoms with Gasteiger partial charge in [-0.25, -0.2) is 13.5 Å². The molecule has 0 aliphatic carbocycles. The van der Waals surface area contributed by atoms with E-state index in [1.165, 1.54) is 10.2 Å². The highest BCUT2D eigenvalue weighted by molar-refractivity contribution is 7.18. The van der Waals surface area contributed by atoms with Crippen molar-refractivity contribution in [3.63, 3.8) is 0 Å². The highest BCUT2D eigenvalue weighted by atomic mass is 31.0. The number of likely N-dealkylation sites (N-methyl/N-ethyl adjacent to an activating group) is 1. The number of rotatable bonds is 5. The molecule has 0 fully saturated rings. The third kappa shape index (κ3) is 7.04. The molecule has 9 heteroatoms. The van der Waals surface area contributed by atoms with Crippen molar-refractivity contribution >= 4 is 14.9 Å². The fraction of sp³-hybridized carbons (Fsp3) is 0.208. The summed E-state index contributed by atoms with van der Waals surface area (Å²) in [6.07, 6.45) is 8.42. The van der Waals surface area contributed by atoms with Crippen molar-refractivity contribution in [3.05, 3.63) is 90.0 Å². The van der Waals surface area contributed by atoms with Crippen molar-refractivity contribution in [2.45, 2.75) is 25.2 Å². The molecule has 2 aromatic heterocycles. The van der Waals surface area contributed by atoms with E-state index in [0.29, 0.717) is 17.1 Å². The lowest BCUT2D eigenvalue weighted by Crippen LogP contribution is -2.37. The first-order chi connectivity index (χ1) is 15.8. The quantitative estimate of drug-likeness (QED) is 0.548. The zero-order chi connectivity index (χ0) is 23.8. The predicted molar refractivity (Wildman–Crippen MR) is 129 cm³/mol. The average molecular weight is 466 g/mol. The summed E-state index contributed by atoms with van der Waals surface area (Å²) in [7, 11) is 3.41. The average Bonchev–Trinajstić information content (AvgIpc) is 3.23. The van der Waals surface area contributed by atoms with Crippen LogP contribution >= 0.6 is 9.24 Å². The van der Waals surface area contributed by atoms with Gasteiger partial charge in [-0.2, -0.15) is 10.4 Å². The molecule has 0 saturated carbocycles. The minimum Gasteiger partial charge on any atom is -0.371 e. The van der Waals surface area contributed by atoms with Crippen LogP contribution in [0.5, 0.6) is 0 Å². The normalized spacial score (nSPS) is 15.0. The first-order valence-corrected chi connectivity index (χ1v) is 10.8. The predicted octanol–water partition coefficient (Wildman–Crippen LogP) is 4.33. The molecule has 1 aliphatic rings. The van der Waals surface area contributed by atoms with Crippen LogP contribution in [0.15, 0.2) is 73.2 Å². The zero-order valence-corrected chi connectivity index (χ0v) is 19.5. The van der Waals surface area contributed by atoms with Gasteiger partial charge < -0.3 is 5.32 Å². The van der Waals surface area contributed by atoms with Gasteiger partial charge >= 0.3 is 0 Å². The summed E-state index contributed by atoms with van der Waals surface area (Å²) in [6, 6.07) is 14.9. The third-order valence-electron chi connectivity index (χ3n) is 4.76. The smallest absolute Gasteiger partial charge is 0.264 e. The van der Waals surface area contributed by atoms with Gasteiger partial charge in [0.25, 0.3) is 5.66 Å². The van der Waals surface area contributed by atoms with Gasteiger partial charge in [0, 0.05) is 24.2 Å². The number of nitrogens with zero attached hydrogens (tertiary/aromatic N) is 4. The first kappa shape index (κ1) is 24.2. The lowest BCUT2D eigenvalue weighted by molar-refractivity contribution is 0.103. The minimum absolute atomic E-state index is 0.00808. The van der Waals surface area contributed by atoms with Gasteiger partial charge in [0.1, 0.15) is 0 Å². The van der Waals surface area contributed by atoms with Crippen LogP contribution in [0.1, 0.15) is 16.8 Å². The lowest BCUT2D eigenvalue weighted by atomic mass is 10.2. The van der Waals surface area contributed by atoms with Gasteiger partial charge in [-0.05, 0) is 56.5 Å². The maximum absolute atomic E-state index is 13.5. The minimum atomic E-state index is -2.90. The molecule has 0 amide bonds. The molecule has 2 atom stereocenters. The number of benzene rings is 1. The number of halogens is 2. The summed E-state index contributed by atoms with van der Waals surface area (Å²) in [4.78, 5) is 4.06. The van der Waals surface area contributed by atoms with E-state index < -0.39 is 12.1 Å². The van der Waals surface area contributed by atoms with Crippen LogP contribution in [0.4, 0.5) is 8.78 Å². The Kier molecular flexibility index (Phi) is 8.05. The van der Waals surface area contributed by atoms with Gasteiger partial charge in [0.2, 0.25) is 0 Å². The second-order valence-corrected chi connectivity index (χ2v) is 8.30. The first-order valence-electron chi connectivity index (χ1n) is 10.2. The summed E-state index contributed by atoms with van der Waals surface area (Å²) >= 11 is 0. The third-order valence-corrected chi connectivity index (χ3v) is 4.97. The van der Waals surface area contributed by atoms with Gasteiger partial charge in [-0.15, -0.1) is 0 Å². The molecule has 170 valence electrons. The molecule has 2 N–H and O–H groups in total. The van der Waals surface area contributed by atoms with Crippen molar-refractivity contribution in [1.82, 2.24) is 25.4 Å². The molecular formula is C24H25F2N6P. The van der Waals surface area contributed by atoms with Crippen LogP contribution in [-0.2, 0) is 6.42 Å². The maximum atomic E-state index is 13.5. The number of nitriles is 1. The zero-order valence-electron chi connectivity index (χ0n) is 18.3. The summed E-state index contributed by atoms with van der Waals surface area (Å²) in [5.74, 6) is 0. The van der Waals surface area contributed by atoms with Gasteiger partial charge in [0.15, 0.2) is 0 Å². The number of allylic oxidation sites excluding steroid dienone is 2. The standard InChI is InChI=1S/C16H18F2N5P.C8H7N/c1-19-15-5-4-12(10-21-15)23-13(8-16(17,18)24)7-14(22-23)11-3-2-6-20-9-11;1-7-2-4-8(6-9)5-3-7/h2-7,9-10,15,19,21H,8,24H2,1H3;2-5H,1H3. The molecule has 6 nitrogen and oxygen atoms in total. The molecule has 1 aromatic carbocycles. The molecule has 3 aromatic rings. The second kappa shape index (κ2) is 11.0. The topological polar surface area (TPSA) is 78.6 Å². The lowest BCUT2D eigenvalue weighted by Gasteiger charge is -2.19. The van der Waals surface area contributed by atoms with E-state index in [-0.39, 0.29) is 6.17 Å². The van der Waals surface area contributed by atoms with Crippen LogP contribution < -0.4 is 10.6 Å². The Labute approximate surface area is 194 Å². The fourth-order valence-corrected chi connectivity index (χ4v) is 3.29. The van der Waals surface area contributed by atoms with Crippen molar-refractivity contribution in [1.29, 1.82) is 5.26 Å². The van der Waals surface area contributed by atoms with Crippen LogP contribution in [0, 0.1) is 18.3 Å². The number of hydrogen-bond donors (Lipinski definition) is 2. The number of pyridine rings is 1. The van der Waals surface area contributed by atoms with E-state index in [2.05, 4.69) is 26.8 Å². The molecule has 0 spiro atoms. The van der Waals surface area contributed by atoms with E-state index >= 15 is 0 Å². The summed E-state index contributed by atoms with van der Waals surface area (Å²) in [5, 5.41) is 19.1. The molecular weight excluding hydrogens is 441 g/mol. The molecule has 4 rings (SSSR count). The van der Waals surface area contributed by atoms with Crippen molar-refractivity contribution < 1.29 is 8.78 Å². The number of hydrogen-bond acceptors (Lipinski definition) is 5. The van der Waals surface area contributed by atoms with Gasteiger partial charge in [0.05, 0.1) is 41.3 Å². The number of dihydropyridines is 1. The highest BCUT2D eigenvalue weighted by Crippen LogP contribution is 2.30. The second-order valence-electron chi connectivity index (χ2n) is 7.45. The Morgan fingerprint density at radius 1 is 1.27 bits per heavy atom. The fourth-order valence-electron chi connectivity index (χ4n) is 3.08. The van der Waals surface area contributed by atoms with Crippen LogP contribution in [0.2, 0.25) is 0 Å². The maximum Gasteiger partial charge on any atom is 0.264 e. The van der Waals surface area contributed by atoms with Crippen molar-refractivity contribution in [2.75, 3.05) is 7.05 Å².